The lowest BCUT2D eigenvalue weighted by atomic mass is 9.91. The summed E-state index contributed by atoms with van der Waals surface area (Å²) in [6, 6.07) is 7.33. The Morgan fingerprint density at radius 3 is 2.86 bits per heavy atom. The first-order valence-electron chi connectivity index (χ1n) is 4.66. The molecule has 0 aliphatic carbocycles. The fraction of sp³-hybridized carbons (Fsp3) is 0.250. The van der Waals surface area contributed by atoms with Crippen LogP contribution in [0, 0.1) is 5.92 Å². The average Bonchev–Trinajstić information content (AvgIpc) is 2.23. The minimum atomic E-state index is -0.197. The van der Waals surface area contributed by atoms with Crippen LogP contribution in [-0.4, -0.2) is 11.9 Å². The van der Waals surface area contributed by atoms with E-state index >= 15 is 0 Å². The van der Waals surface area contributed by atoms with Gasteiger partial charge in [0.1, 0.15) is 11.9 Å². The fourth-order valence-corrected chi connectivity index (χ4v) is 1.67. The number of hydrogen-bond donors (Lipinski definition) is 0. The Bertz CT molecular complexity index is 382. The van der Waals surface area contributed by atoms with Gasteiger partial charge < -0.3 is 4.74 Å². The molecule has 1 heterocycles. The van der Waals surface area contributed by atoms with Crippen LogP contribution in [0.15, 0.2) is 36.9 Å². The SMILES string of the molecule is C=C[C@H]1Oc2ccccc2C(=O)[C@H]1C. The van der Waals surface area contributed by atoms with Crippen molar-refractivity contribution in [2.45, 2.75) is 13.0 Å². The van der Waals surface area contributed by atoms with E-state index in [1.54, 1.807) is 12.1 Å². The van der Waals surface area contributed by atoms with Gasteiger partial charge in [-0.2, -0.15) is 0 Å². The molecule has 1 aliphatic heterocycles. The second-order valence-electron chi connectivity index (χ2n) is 3.47. The number of ketones is 1. The van der Waals surface area contributed by atoms with Gasteiger partial charge in [-0.05, 0) is 12.1 Å². The molecule has 2 atom stereocenters. The number of ether oxygens (including phenoxy) is 1. The maximum absolute atomic E-state index is 11.9. The molecule has 0 bridgehead atoms. The zero-order chi connectivity index (χ0) is 10.1. The van der Waals surface area contributed by atoms with Crippen LogP contribution in [0.2, 0.25) is 0 Å². The van der Waals surface area contributed by atoms with Crippen LogP contribution < -0.4 is 4.74 Å². The van der Waals surface area contributed by atoms with Crippen LogP contribution in [0.4, 0.5) is 0 Å². The largest absolute Gasteiger partial charge is 0.485 e. The smallest absolute Gasteiger partial charge is 0.173 e. The van der Waals surface area contributed by atoms with Gasteiger partial charge in [0.05, 0.1) is 11.5 Å². The number of benzene rings is 1. The van der Waals surface area contributed by atoms with Gasteiger partial charge in [0.2, 0.25) is 0 Å². The van der Waals surface area contributed by atoms with Gasteiger partial charge in [-0.25, -0.2) is 0 Å². The maximum Gasteiger partial charge on any atom is 0.173 e. The molecular formula is C12H12O2. The second kappa shape index (κ2) is 3.29. The number of carbonyl (C=O) groups excluding carboxylic acids is 1. The molecule has 0 unspecified atom stereocenters. The first-order valence-corrected chi connectivity index (χ1v) is 4.66. The molecule has 0 aromatic heterocycles. The third-order valence-electron chi connectivity index (χ3n) is 2.55. The summed E-state index contributed by atoms with van der Waals surface area (Å²) in [4.78, 5) is 11.9. The predicted octanol–water partition coefficient (Wildman–Crippen LogP) is 2.45. The van der Waals surface area contributed by atoms with Crippen molar-refractivity contribution in [2.24, 2.45) is 5.92 Å². The van der Waals surface area contributed by atoms with Crippen molar-refractivity contribution in [3.05, 3.63) is 42.5 Å². The summed E-state index contributed by atoms with van der Waals surface area (Å²) in [6.45, 7) is 5.53. The molecule has 1 aromatic carbocycles. The van der Waals surface area contributed by atoms with Gasteiger partial charge in [0.25, 0.3) is 0 Å². The molecule has 0 radical (unpaired) electrons. The van der Waals surface area contributed by atoms with E-state index < -0.39 is 0 Å². The summed E-state index contributed by atoms with van der Waals surface area (Å²) < 4.78 is 5.62. The summed E-state index contributed by atoms with van der Waals surface area (Å²) >= 11 is 0. The number of carbonyl (C=O) groups is 1. The summed E-state index contributed by atoms with van der Waals surface area (Å²) in [6.07, 6.45) is 1.48. The summed E-state index contributed by atoms with van der Waals surface area (Å²) in [7, 11) is 0. The van der Waals surface area contributed by atoms with E-state index in [2.05, 4.69) is 6.58 Å². The van der Waals surface area contributed by atoms with Crippen molar-refractivity contribution in [3.8, 4) is 5.75 Å². The second-order valence-corrected chi connectivity index (χ2v) is 3.47. The van der Waals surface area contributed by atoms with E-state index in [9.17, 15) is 4.79 Å². The third-order valence-corrected chi connectivity index (χ3v) is 2.55. The van der Waals surface area contributed by atoms with Crippen molar-refractivity contribution in [3.63, 3.8) is 0 Å². The van der Waals surface area contributed by atoms with Crippen molar-refractivity contribution < 1.29 is 9.53 Å². The Hall–Kier alpha value is -1.57. The van der Waals surface area contributed by atoms with Gasteiger partial charge in [-0.3, -0.25) is 4.79 Å². The lowest BCUT2D eigenvalue weighted by Crippen LogP contribution is -2.34. The topological polar surface area (TPSA) is 26.3 Å². The molecule has 2 heteroatoms. The summed E-state index contributed by atoms with van der Waals surface area (Å²) in [5, 5.41) is 0. The molecule has 1 aromatic rings. The molecule has 0 saturated heterocycles. The Balaban J connectivity index is 2.47. The number of fused-ring (bicyclic) bond motifs is 1. The Kier molecular flexibility index (Phi) is 2.12. The summed E-state index contributed by atoms with van der Waals surface area (Å²) in [5.74, 6) is 0.666. The van der Waals surface area contributed by atoms with Gasteiger partial charge in [0, 0.05) is 0 Å². The lowest BCUT2D eigenvalue weighted by Gasteiger charge is -2.28. The first-order chi connectivity index (χ1) is 6.74. The zero-order valence-electron chi connectivity index (χ0n) is 8.07. The molecule has 0 spiro atoms. The van der Waals surface area contributed by atoms with Crippen LogP contribution in [0.5, 0.6) is 5.75 Å². The Morgan fingerprint density at radius 2 is 2.14 bits per heavy atom. The lowest BCUT2D eigenvalue weighted by molar-refractivity contribution is 0.0774. The highest BCUT2D eigenvalue weighted by atomic mass is 16.5. The molecule has 0 amide bonds. The standard InChI is InChI=1S/C12H12O2/c1-3-10-8(2)12(13)9-6-4-5-7-11(9)14-10/h3-8,10H,1H2,2H3/t8-,10+/m0/s1. The molecule has 0 saturated carbocycles. The Morgan fingerprint density at radius 1 is 1.43 bits per heavy atom. The molecular weight excluding hydrogens is 176 g/mol. The van der Waals surface area contributed by atoms with Gasteiger partial charge in [-0.1, -0.05) is 31.7 Å². The van der Waals surface area contributed by atoms with Crippen LogP contribution in [0.1, 0.15) is 17.3 Å². The third kappa shape index (κ3) is 1.23. The van der Waals surface area contributed by atoms with Crippen LogP contribution in [-0.2, 0) is 0 Å². The van der Waals surface area contributed by atoms with E-state index in [0.29, 0.717) is 11.3 Å². The molecule has 0 fully saturated rings. The van der Waals surface area contributed by atoms with Gasteiger partial charge >= 0.3 is 0 Å². The minimum absolute atomic E-state index is 0.136. The fourth-order valence-electron chi connectivity index (χ4n) is 1.67. The first kappa shape index (κ1) is 9.00. The maximum atomic E-state index is 11.9. The number of hydrogen-bond acceptors (Lipinski definition) is 2. The van der Waals surface area contributed by atoms with Crippen LogP contribution >= 0.6 is 0 Å². The normalized spacial score (nSPS) is 25.1. The van der Waals surface area contributed by atoms with Crippen molar-refractivity contribution in [1.29, 1.82) is 0 Å². The number of para-hydroxylation sites is 1. The van der Waals surface area contributed by atoms with Crippen molar-refractivity contribution in [1.82, 2.24) is 0 Å². The van der Waals surface area contributed by atoms with E-state index in [0.717, 1.165) is 0 Å². The highest BCUT2D eigenvalue weighted by Crippen LogP contribution is 2.30. The van der Waals surface area contributed by atoms with E-state index in [1.165, 1.54) is 0 Å². The molecule has 72 valence electrons. The number of Topliss-reactive ketones (excluding diaryl/α,β-unsaturated/α-hetero) is 1. The Labute approximate surface area is 83.2 Å². The van der Waals surface area contributed by atoms with Gasteiger partial charge in [0.15, 0.2) is 5.78 Å². The van der Waals surface area contributed by atoms with Crippen LogP contribution in [0.3, 0.4) is 0 Å². The molecule has 0 N–H and O–H groups in total. The average molecular weight is 188 g/mol. The summed E-state index contributed by atoms with van der Waals surface area (Å²) in [5.41, 5.74) is 0.679. The van der Waals surface area contributed by atoms with E-state index in [1.807, 2.05) is 25.1 Å². The van der Waals surface area contributed by atoms with Gasteiger partial charge in [-0.15, -0.1) is 0 Å². The van der Waals surface area contributed by atoms with Crippen LogP contribution in [0.25, 0.3) is 0 Å². The molecule has 14 heavy (non-hydrogen) atoms. The monoisotopic (exact) mass is 188 g/mol. The molecule has 2 nitrogen and oxygen atoms in total. The van der Waals surface area contributed by atoms with Crippen molar-refractivity contribution in [2.75, 3.05) is 0 Å². The predicted molar refractivity (Wildman–Crippen MR) is 54.5 cm³/mol. The van der Waals surface area contributed by atoms with E-state index in [4.69, 9.17) is 4.74 Å². The number of rotatable bonds is 1. The van der Waals surface area contributed by atoms with E-state index in [-0.39, 0.29) is 17.8 Å². The highest BCUT2D eigenvalue weighted by molar-refractivity contribution is 6.01. The molecule has 2 rings (SSSR count). The zero-order valence-corrected chi connectivity index (χ0v) is 8.07. The molecule has 1 aliphatic rings. The van der Waals surface area contributed by atoms with Crippen molar-refractivity contribution >= 4 is 5.78 Å². The quantitative estimate of drug-likeness (QED) is 0.633. The minimum Gasteiger partial charge on any atom is -0.485 e. The highest BCUT2D eigenvalue weighted by Gasteiger charge is 2.31.